The predicted octanol–water partition coefficient (Wildman–Crippen LogP) is 6.91. The van der Waals surface area contributed by atoms with E-state index >= 15 is 0 Å². The minimum absolute atomic E-state index is 0.586. The molecule has 0 aliphatic rings. The molecule has 0 saturated carbocycles. The molecule has 0 bridgehead atoms. The smallest absolute Gasteiger partial charge is 0.153 e. The Balaban J connectivity index is 1.45. The zero-order chi connectivity index (χ0) is 27.6. The van der Waals surface area contributed by atoms with Crippen molar-refractivity contribution in [2.24, 2.45) is 0 Å². The number of benzene rings is 6. The van der Waals surface area contributed by atoms with Gasteiger partial charge in [-0.1, -0.05) is 127 Å². The van der Waals surface area contributed by atoms with Gasteiger partial charge in [-0.2, -0.15) is 0 Å². The van der Waals surface area contributed by atoms with Gasteiger partial charge in [0, 0.05) is 10.8 Å². The van der Waals surface area contributed by atoms with Crippen molar-refractivity contribution in [1.29, 1.82) is 0 Å². The molecule has 7 rings (SSSR count). The fraction of sp³-hybridized carbons (Fsp3) is 0. The molecule has 0 atom stereocenters. The number of carbonyl (C=O) groups is 1. The zero-order valence-electron chi connectivity index (χ0n) is 22.2. The summed E-state index contributed by atoms with van der Waals surface area (Å²) in [7, 11) is -1.63. The quantitative estimate of drug-likeness (QED) is 0.156. The average molecular weight is 565 g/mol. The van der Waals surface area contributed by atoms with E-state index in [-0.39, 0.29) is 0 Å². The Morgan fingerprint density at radius 2 is 0.878 bits per heavy atom. The average Bonchev–Trinajstić information content (AvgIpc) is 3.41. The maximum Gasteiger partial charge on any atom is 0.153 e. The van der Waals surface area contributed by atoms with Crippen molar-refractivity contribution in [3.05, 3.63) is 157 Å². The van der Waals surface area contributed by atoms with E-state index in [0.717, 1.165) is 27.9 Å². The summed E-state index contributed by atoms with van der Waals surface area (Å²) in [6, 6.07) is 53.4. The third-order valence-electron chi connectivity index (χ3n) is 7.27. The highest BCUT2D eigenvalue weighted by Gasteiger charge is 2.22. The Morgan fingerprint density at radius 1 is 0.439 bits per heavy atom. The molecule has 0 aliphatic carbocycles. The van der Waals surface area contributed by atoms with Crippen LogP contribution in [0.15, 0.2) is 156 Å². The second-order valence-electron chi connectivity index (χ2n) is 9.83. The first-order valence-electron chi connectivity index (χ1n) is 13.6. The number of rotatable bonds is 7. The molecule has 4 heteroatoms. The van der Waals surface area contributed by atoms with E-state index < -0.39 is 15.8 Å². The molecule has 6 aromatic carbocycles. The maximum atomic E-state index is 12.4. The molecule has 0 amide bonds. The van der Waals surface area contributed by atoms with Crippen molar-refractivity contribution in [3.63, 3.8) is 0 Å². The summed E-state index contributed by atoms with van der Waals surface area (Å²) >= 11 is 0. The van der Waals surface area contributed by atoms with E-state index in [0.29, 0.717) is 11.1 Å². The van der Waals surface area contributed by atoms with Gasteiger partial charge in [-0.15, -0.1) is 0 Å². The van der Waals surface area contributed by atoms with Crippen LogP contribution in [0.25, 0.3) is 21.9 Å². The van der Waals surface area contributed by atoms with E-state index in [1.54, 1.807) is 0 Å². The summed E-state index contributed by atoms with van der Waals surface area (Å²) < 4.78 is 6.35. The summed E-state index contributed by atoms with van der Waals surface area (Å²) in [5.41, 5.74) is 2.03. The number of carbonyl (C=O) groups excluding carboxylic acids is 1. The third-order valence-corrected chi connectivity index (χ3v) is 12.1. The van der Waals surface area contributed by atoms with Gasteiger partial charge >= 0.3 is 0 Å². The molecule has 1 heterocycles. The molecular formula is C37H26O2P2. The van der Waals surface area contributed by atoms with E-state index in [1.807, 2.05) is 18.2 Å². The molecule has 0 spiro atoms. The molecule has 1 aromatic heterocycles. The summed E-state index contributed by atoms with van der Waals surface area (Å²) in [6.07, 6.45) is 0.930. The molecule has 0 N–H and O–H groups in total. The highest BCUT2D eigenvalue weighted by atomic mass is 31.1. The lowest BCUT2D eigenvalue weighted by Crippen LogP contribution is -2.21. The number of hydrogen-bond acceptors (Lipinski definition) is 2. The predicted molar refractivity (Wildman–Crippen MR) is 177 cm³/mol. The van der Waals surface area contributed by atoms with Gasteiger partial charge in [-0.25, -0.2) is 0 Å². The van der Waals surface area contributed by atoms with Crippen molar-refractivity contribution in [2.45, 2.75) is 0 Å². The second-order valence-corrected chi connectivity index (χ2v) is 14.3. The molecule has 196 valence electrons. The van der Waals surface area contributed by atoms with Gasteiger partial charge in [0.15, 0.2) is 6.29 Å². The summed E-state index contributed by atoms with van der Waals surface area (Å²) in [5.74, 6) is 0. The van der Waals surface area contributed by atoms with Crippen molar-refractivity contribution in [3.8, 4) is 0 Å². The van der Waals surface area contributed by atoms with Gasteiger partial charge < -0.3 is 4.42 Å². The van der Waals surface area contributed by atoms with E-state index in [9.17, 15) is 4.79 Å². The summed E-state index contributed by atoms with van der Waals surface area (Å²) in [6.45, 7) is 0. The van der Waals surface area contributed by atoms with Crippen LogP contribution >= 0.6 is 15.8 Å². The Kier molecular flexibility index (Phi) is 7.03. The van der Waals surface area contributed by atoms with Gasteiger partial charge in [0.05, 0.1) is 5.56 Å². The lowest BCUT2D eigenvalue weighted by atomic mass is 10.1. The highest BCUT2D eigenvalue weighted by molar-refractivity contribution is 7.80. The van der Waals surface area contributed by atoms with Crippen molar-refractivity contribution < 1.29 is 9.21 Å². The first-order chi connectivity index (χ1) is 20.3. The van der Waals surface area contributed by atoms with Gasteiger partial charge in [-0.05, 0) is 71.9 Å². The highest BCUT2D eigenvalue weighted by Crippen LogP contribution is 2.39. The molecule has 0 saturated heterocycles. The fourth-order valence-corrected chi connectivity index (χ4v) is 10.1. The Labute approximate surface area is 241 Å². The molecule has 41 heavy (non-hydrogen) atoms. The largest absolute Gasteiger partial charge is 0.455 e. The van der Waals surface area contributed by atoms with Crippen LogP contribution in [-0.4, -0.2) is 6.29 Å². The van der Waals surface area contributed by atoms with Crippen molar-refractivity contribution in [2.75, 3.05) is 0 Å². The first kappa shape index (κ1) is 25.6. The van der Waals surface area contributed by atoms with Crippen LogP contribution in [0.4, 0.5) is 0 Å². The number of furan rings is 1. The standard InChI is InChI=1S/C37H26O2P2/c38-26-27-23-33(41(30-17-9-3-10-18-30)31-19-11-4-12-20-31)25-35-34-24-32(21-22-36(34)39-37(27)35)40(28-13-5-1-6-14-28)29-15-7-2-8-16-29/h1-26H. The molecule has 0 unspecified atom stereocenters. The van der Waals surface area contributed by atoms with Gasteiger partial charge in [0.2, 0.25) is 0 Å². The van der Waals surface area contributed by atoms with Gasteiger partial charge in [0.1, 0.15) is 11.2 Å². The molecular weight excluding hydrogens is 538 g/mol. The Morgan fingerprint density at radius 3 is 1.34 bits per heavy atom. The van der Waals surface area contributed by atoms with Crippen LogP contribution < -0.4 is 31.8 Å². The number of fused-ring (bicyclic) bond motifs is 3. The number of hydrogen-bond donors (Lipinski definition) is 0. The first-order valence-corrected chi connectivity index (χ1v) is 16.2. The van der Waals surface area contributed by atoms with Gasteiger partial charge in [-0.3, -0.25) is 4.79 Å². The third kappa shape index (κ3) is 4.91. The maximum absolute atomic E-state index is 12.4. The van der Waals surface area contributed by atoms with Crippen LogP contribution in [-0.2, 0) is 0 Å². The lowest BCUT2D eigenvalue weighted by molar-refractivity contribution is 0.112. The van der Waals surface area contributed by atoms with Crippen molar-refractivity contribution in [1.82, 2.24) is 0 Å². The normalized spacial score (nSPS) is 11.5. The second kappa shape index (κ2) is 11.3. The summed E-state index contributed by atoms with van der Waals surface area (Å²) in [5, 5.41) is 9.49. The summed E-state index contributed by atoms with van der Waals surface area (Å²) in [4.78, 5) is 12.4. The monoisotopic (exact) mass is 564 g/mol. The lowest BCUT2D eigenvalue weighted by Gasteiger charge is -2.20. The number of aldehydes is 1. The van der Waals surface area contributed by atoms with Gasteiger partial charge in [0.25, 0.3) is 0 Å². The van der Waals surface area contributed by atoms with Crippen LogP contribution in [0, 0.1) is 0 Å². The minimum Gasteiger partial charge on any atom is -0.455 e. The molecule has 0 fully saturated rings. The van der Waals surface area contributed by atoms with E-state index in [4.69, 9.17) is 4.42 Å². The topological polar surface area (TPSA) is 30.2 Å². The van der Waals surface area contributed by atoms with Crippen LogP contribution in [0.3, 0.4) is 0 Å². The Bertz CT molecular complexity index is 1870. The van der Waals surface area contributed by atoms with Crippen LogP contribution in [0.2, 0.25) is 0 Å². The zero-order valence-corrected chi connectivity index (χ0v) is 24.0. The van der Waals surface area contributed by atoms with E-state index in [1.165, 1.54) is 26.5 Å². The molecule has 2 nitrogen and oxygen atoms in total. The van der Waals surface area contributed by atoms with Crippen LogP contribution in [0.1, 0.15) is 10.4 Å². The minimum atomic E-state index is -0.867. The molecule has 0 radical (unpaired) electrons. The fourth-order valence-electron chi connectivity index (χ4n) is 5.44. The Hall–Kier alpha value is -4.35. The van der Waals surface area contributed by atoms with Crippen molar-refractivity contribution >= 4 is 75.9 Å². The molecule has 0 aliphatic heterocycles. The van der Waals surface area contributed by atoms with Crippen LogP contribution in [0.5, 0.6) is 0 Å². The van der Waals surface area contributed by atoms with E-state index in [2.05, 4.69) is 133 Å². The molecule has 7 aromatic rings. The SMILES string of the molecule is O=Cc1cc(P(c2ccccc2)c2ccccc2)cc2c1oc1ccc(P(c3ccccc3)c3ccccc3)cc12.